The van der Waals surface area contributed by atoms with E-state index in [0.717, 1.165) is 39.1 Å². The molecule has 0 N–H and O–H groups in total. The van der Waals surface area contributed by atoms with Crippen molar-refractivity contribution >= 4 is 0 Å². The van der Waals surface area contributed by atoms with E-state index in [1.54, 1.807) is 18.8 Å². The lowest BCUT2D eigenvalue weighted by molar-refractivity contribution is -0.181. The molecule has 0 aromatic heterocycles. The number of rotatable bonds is 20. The minimum Gasteiger partial charge on any atom is -0.494 e. The van der Waals surface area contributed by atoms with Gasteiger partial charge in [0.2, 0.25) is 0 Å². The average molecular weight is 443 g/mol. The largest absolute Gasteiger partial charge is 0.494 e. The van der Waals surface area contributed by atoms with Gasteiger partial charge in [-0.1, -0.05) is 20.8 Å². The van der Waals surface area contributed by atoms with Crippen molar-refractivity contribution < 1.29 is 28.4 Å². The average Bonchev–Trinajstić information content (AvgIpc) is 2.75. The molecule has 0 spiro atoms. The van der Waals surface area contributed by atoms with E-state index in [-0.39, 0.29) is 6.10 Å². The van der Waals surface area contributed by atoms with E-state index < -0.39 is 11.2 Å². The minimum atomic E-state index is -0.780. The highest BCUT2D eigenvalue weighted by Crippen LogP contribution is 2.35. The summed E-state index contributed by atoms with van der Waals surface area (Å²) in [6, 6.07) is 0. The van der Waals surface area contributed by atoms with Gasteiger partial charge in [-0.3, -0.25) is 0 Å². The van der Waals surface area contributed by atoms with Crippen molar-refractivity contribution in [3.63, 3.8) is 0 Å². The third-order valence-electron chi connectivity index (χ3n) is 4.91. The zero-order chi connectivity index (χ0) is 23.4. The Morgan fingerprint density at radius 2 is 1.06 bits per heavy atom. The highest BCUT2D eigenvalue weighted by atomic mass is 16.6. The van der Waals surface area contributed by atoms with E-state index in [2.05, 4.69) is 20.8 Å². The summed E-state index contributed by atoms with van der Waals surface area (Å²) in [7, 11) is 0. The first kappa shape index (κ1) is 29.5. The second-order valence-electron chi connectivity index (χ2n) is 7.97. The van der Waals surface area contributed by atoms with Crippen LogP contribution in [0.5, 0.6) is 0 Å². The highest BCUT2D eigenvalue weighted by molar-refractivity contribution is 5.02. The Labute approximate surface area is 190 Å². The van der Waals surface area contributed by atoms with Crippen LogP contribution < -0.4 is 0 Å². The summed E-state index contributed by atoms with van der Waals surface area (Å²) in [5.41, 5.74) is -1.47. The maximum absolute atomic E-state index is 6.19. The van der Waals surface area contributed by atoms with Crippen molar-refractivity contribution in [1.82, 2.24) is 0 Å². The standard InChI is InChI=1S/C25H46O6/c1-8-14-26-17-11-20-29-23(4)25(7,31-22-13-19-28-16-10-3)24(5,6)30-21-12-18-27-15-9-2/h11-13,20-23H,8-10,14-19H2,1-7H3. The summed E-state index contributed by atoms with van der Waals surface area (Å²) in [4.78, 5) is 0. The molecule has 6 heteroatoms. The van der Waals surface area contributed by atoms with Gasteiger partial charge < -0.3 is 28.4 Å². The molecular weight excluding hydrogens is 396 g/mol. The quantitative estimate of drug-likeness (QED) is 0.176. The number of hydrogen-bond donors (Lipinski definition) is 0. The maximum atomic E-state index is 6.19. The molecule has 0 fully saturated rings. The molecule has 0 rings (SSSR count). The van der Waals surface area contributed by atoms with E-state index in [0.29, 0.717) is 19.8 Å². The molecule has 182 valence electrons. The Kier molecular flexibility index (Phi) is 17.2. The van der Waals surface area contributed by atoms with Crippen LogP contribution in [0.1, 0.15) is 67.7 Å². The van der Waals surface area contributed by atoms with Crippen molar-refractivity contribution in [2.24, 2.45) is 0 Å². The lowest BCUT2D eigenvalue weighted by Gasteiger charge is -2.45. The van der Waals surface area contributed by atoms with E-state index >= 15 is 0 Å². The molecule has 2 unspecified atom stereocenters. The molecule has 0 radical (unpaired) electrons. The molecule has 0 heterocycles. The Bertz CT molecular complexity index is 500. The second-order valence-corrected chi connectivity index (χ2v) is 7.97. The smallest absolute Gasteiger partial charge is 0.180 e. The van der Waals surface area contributed by atoms with Crippen LogP contribution in [0.3, 0.4) is 0 Å². The lowest BCUT2D eigenvalue weighted by atomic mass is 9.82. The fourth-order valence-corrected chi connectivity index (χ4v) is 2.56. The fraction of sp³-hybridized carbons (Fsp3) is 0.760. The molecule has 0 saturated heterocycles. The van der Waals surface area contributed by atoms with E-state index in [1.165, 1.54) is 0 Å². The van der Waals surface area contributed by atoms with Crippen LogP contribution in [0, 0.1) is 0 Å². The molecule has 0 bridgehead atoms. The fourth-order valence-electron chi connectivity index (χ4n) is 2.56. The van der Waals surface area contributed by atoms with Crippen molar-refractivity contribution in [2.75, 3.05) is 39.6 Å². The summed E-state index contributed by atoms with van der Waals surface area (Å²) in [5, 5.41) is 0. The summed E-state index contributed by atoms with van der Waals surface area (Å²) in [6.07, 6.45) is 13.3. The van der Waals surface area contributed by atoms with Gasteiger partial charge in [0, 0.05) is 19.8 Å². The van der Waals surface area contributed by atoms with Gasteiger partial charge in [-0.2, -0.15) is 0 Å². The topological polar surface area (TPSA) is 55.4 Å². The molecular formula is C25H46O6. The highest BCUT2D eigenvalue weighted by Gasteiger charge is 2.50. The van der Waals surface area contributed by atoms with Crippen molar-refractivity contribution in [3.05, 3.63) is 37.0 Å². The second kappa shape index (κ2) is 18.1. The molecule has 0 aliphatic rings. The first-order valence-electron chi connectivity index (χ1n) is 11.5. The Hall–Kier alpha value is -1.50. The van der Waals surface area contributed by atoms with Crippen molar-refractivity contribution in [2.45, 2.75) is 85.0 Å². The first-order valence-corrected chi connectivity index (χ1v) is 11.5. The predicted octanol–water partition coefficient (Wildman–Crippen LogP) is 5.78. The number of hydrogen-bond acceptors (Lipinski definition) is 6. The zero-order valence-electron chi connectivity index (χ0n) is 20.9. The van der Waals surface area contributed by atoms with Gasteiger partial charge in [0.1, 0.15) is 11.7 Å². The maximum Gasteiger partial charge on any atom is 0.180 e. The van der Waals surface area contributed by atoms with Gasteiger partial charge in [-0.05, 0) is 65.2 Å². The van der Waals surface area contributed by atoms with Gasteiger partial charge >= 0.3 is 0 Å². The zero-order valence-corrected chi connectivity index (χ0v) is 20.9. The number of ether oxygens (including phenoxy) is 6. The van der Waals surface area contributed by atoms with Gasteiger partial charge in [-0.15, -0.1) is 0 Å². The van der Waals surface area contributed by atoms with Crippen molar-refractivity contribution in [1.29, 1.82) is 0 Å². The molecule has 0 aliphatic carbocycles. The Morgan fingerprint density at radius 3 is 1.52 bits per heavy atom. The van der Waals surface area contributed by atoms with Crippen LogP contribution in [-0.2, 0) is 28.4 Å². The van der Waals surface area contributed by atoms with E-state index in [1.807, 2.05) is 45.9 Å². The van der Waals surface area contributed by atoms with Crippen LogP contribution >= 0.6 is 0 Å². The SMILES string of the molecule is CCCOCC=COC(C)C(C)(OC=CCOCCC)C(C)(C)OC=CCOCCC. The molecule has 31 heavy (non-hydrogen) atoms. The van der Waals surface area contributed by atoms with E-state index in [4.69, 9.17) is 28.4 Å². The molecule has 2 atom stereocenters. The summed E-state index contributed by atoms with van der Waals surface area (Å²) in [6.45, 7) is 17.9. The predicted molar refractivity (Wildman–Crippen MR) is 126 cm³/mol. The molecule has 0 aromatic carbocycles. The molecule has 6 nitrogen and oxygen atoms in total. The van der Waals surface area contributed by atoms with E-state index in [9.17, 15) is 0 Å². The molecule has 0 aliphatic heterocycles. The molecule has 0 amide bonds. The Balaban J connectivity index is 5.07. The van der Waals surface area contributed by atoms with Crippen molar-refractivity contribution in [3.8, 4) is 0 Å². The minimum absolute atomic E-state index is 0.295. The van der Waals surface area contributed by atoms with Gasteiger partial charge in [0.25, 0.3) is 0 Å². The Morgan fingerprint density at radius 1 is 0.645 bits per heavy atom. The lowest BCUT2D eigenvalue weighted by Crippen LogP contribution is -2.57. The first-order chi connectivity index (χ1) is 14.9. The molecule has 0 aromatic rings. The van der Waals surface area contributed by atoms with Crippen LogP contribution in [0.15, 0.2) is 37.0 Å². The normalized spacial score (nSPS) is 15.6. The third kappa shape index (κ3) is 12.8. The van der Waals surface area contributed by atoms with Crippen LogP contribution in [0.25, 0.3) is 0 Å². The van der Waals surface area contributed by atoms with Crippen LogP contribution in [0.4, 0.5) is 0 Å². The summed E-state index contributed by atoms with van der Waals surface area (Å²) < 4.78 is 34.6. The van der Waals surface area contributed by atoms with Gasteiger partial charge in [0.05, 0.1) is 38.6 Å². The van der Waals surface area contributed by atoms with Gasteiger partial charge in [-0.25, -0.2) is 0 Å². The van der Waals surface area contributed by atoms with Crippen LogP contribution in [-0.4, -0.2) is 56.9 Å². The third-order valence-corrected chi connectivity index (χ3v) is 4.91. The summed E-state index contributed by atoms with van der Waals surface area (Å²) in [5.74, 6) is 0. The monoisotopic (exact) mass is 442 g/mol. The van der Waals surface area contributed by atoms with Gasteiger partial charge in [0.15, 0.2) is 5.60 Å². The summed E-state index contributed by atoms with van der Waals surface area (Å²) >= 11 is 0. The molecule has 0 saturated carbocycles. The van der Waals surface area contributed by atoms with Crippen LogP contribution in [0.2, 0.25) is 0 Å².